The van der Waals surface area contributed by atoms with E-state index in [0.717, 1.165) is 12.8 Å². The maximum absolute atomic E-state index is 11.8. The highest BCUT2D eigenvalue weighted by atomic mass is 16.5. The van der Waals surface area contributed by atoms with Crippen molar-refractivity contribution in [1.82, 2.24) is 4.90 Å². The average Bonchev–Trinajstić information content (AvgIpc) is 2.60. The molecule has 1 rings (SSSR count). The van der Waals surface area contributed by atoms with E-state index >= 15 is 0 Å². The molecule has 0 N–H and O–H groups in total. The SMILES string of the molecule is C#CCN(CC)C(=O)C1CCC(C)O1. The number of hydrogen-bond donors (Lipinski definition) is 0. The Morgan fingerprint density at radius 2 is 2.36 bits per heavy atom. The predicted octanol–water partition coefficient (Wildman–Crippen LogP) is 1.04. The molecule has 1 heterocycles. The monoisotopic (exact) mass is 195 g/mol. The van der Waals surface area contributed by atoms with Crippen LogP contribution in [0.1, 0.15) is 26.7 Å². The first-order valence-corrected chi connectivity index (χ1v) is 5.06. The summed E-state index contributed by atoms with van der Waals surface area (Å²) in [5.41, 5.74) is 0. The van der Waals surface area contributed by atoms with Crippen LogP contribution in [0.5, 0.6) is 0 Å². The summed E-state index contributed by atoms with van der Waals surface area (Å²) in [6.07, 6.45) is 6.90. The molecule has 78 valence electrons. The van der Waals surface area contributed by atoms with E-state index in [2.05, 4.69) is 5.92 Å². The van der Waals surface area contributed by atoms with E-state index in [-0.39, 0.29) is 18.1 Å². The Labute approximate surface area is 85.4 Å². The van der Waals surface area contributed by atoms with Gasteiger partial charge in [0.05, 0.1) is 12.6 Å². The number of likely N-dealkylation sites (N-methyl/N-ethyl adjacent to an activating group) is 1. The molecule has 0 aliphatic carbocycles. The Balaban J connectivity index is 2.51. The van der Waals surface area contributed by atoms with Gasteiger partial charge in [0, 0.05) is 6.54 Å². The predicted molar refractivity (Wildman–Crippen MR) is 54.7 cm³/mol. The summed E-state index contributed by atoms with van der Waals surface area (Å²) < 4.78 is 5.49. The van der Waals surface area contributed by atoms with E-state index in [9.17, 15) is 4.79 Å². The minimum absolute atomic E-state index is 0.0369. The molecule has 0 bridgehead atoms. The van der Waals surface area contributed by atoms with Gasteiger partial charge in [0.15, 0.2) is 0 Å². The van der Waals surface area contributed by atoms with Gasteiger partial charge in [-0.2, -0.15) is 0 Å². The second kappa shape index (κ2) is 5.02. The number of nitrogens with zero attached hydrogens (tertiary/aromatic N) is 1. The van der Waals surface area contributed by atoms with Crippen LogP contribution in [0.15, 0.2) is 0 Å². The Morgan fingerprint density at radius 1 is 1.64 bits per heavy atom. The van der Waals surface area contributed by atoms with Crippen molar-refractivity contribution in [2.24, 2.45) is 0 Å². The van der Waals surface area contributed by atoms with Crippen molar-refractivity contribution in [1.29, 1.82) is 0 Å². The van der Waals surface area contributed by atoms with Gasteiger partial charge in [0.2, 0.25) is 0 Å². The first kappa shape index (κ1) is 11.1. The molecule has 0 spiro atoms. The highest BCUT2D eigenvalue weighted by Gasteiger charge is 2.30. The van der Waals surface area contributed by atoms with Crippen LogP contribution in [0.3, 0.4) is 0 Å². The van der Waals surface area contributed by atoms with Crippen LogP contribution in [-0.2, 0) is 9.53 Å². The fraction of sp³-hybridized carbons (Fsp3) is 0.727. The van der Waals surface area contributed by atoms with Crippen molar-refractivity contribution in [3.63, 3.8) is 0 Å². The van der Waals surface area contributed by atoms with Crippen LogP contribution in [0.25, 0.3) is 0 Å². The summed E-state index contributed by atoms with van der Waals surface area (Å²) in [6.45, 7) is 4.94. The zero-order chi connectivity index (χ0) is 10.6. The van der Waals surface area contributed by atoms with E-state index in [1.54, 1.807) is 4.90 Å². The third kappa shape index (κ3) is 2.49. The normalized spacial score (nSPS) is 25.8. The molecule has 1 amide bonds. The van der Waals surface area contributed by atoms with Gasteiger partial charge in [0.25, 0.3) is 5.91 Å². The number of amides is 1. The van der Waals surface area contributed by atoms with Crippen molar-refractivity contribution in [2.45, 2.75) is 38.9 Å². The lowest BCUT2D eigenvalue weighted by molar-refractivity contribution is -0.141. The average molecular weight is 195 g/mol. The second-order valence-electron chi connectivity index (χ2n) is 3.57. The van der Waals surface area contributed by atoms with Gasteiger partial charge in [-0.05, 0) is 26.7 Å². The van der Waals surface area contributed by atoms with Gasteiger partial charge in [0.1, 0.15) is 6.10 Å². The van der Waals surface area contributed by atoms with Crippen molar-refractivity contribution in [2.75, 3.05) is 13.1 Å². The summed E-state index contributed by atoms with van der Waals surface area (Å²) in [4.78, 5) is 13.5. The zero-order valence-electron chi connectivity index (χ0n) is 8.82. The lowest BCUT2D eigenvalue weighted by Crippen LogP contribution is -2.39. The maximum Gasteiger partial charge on any atom is 0.252 e. The van der Waals surface area contributed by atoms with Crippen LogP contribution in [0, 0.1) is 12.3 Å². The maximum atomic E-state index is 11.8. The molecular weight excluding hydrogens is 178 g/mol. The fourth-order valence-electron chi connectivity index (χ4n) is 1.64. The molecule has 0 aromatic heterocycles. The number of rotatable bonds is 3. The van der Waals surface area contributed by atoms with Crippen molar-refractivity contribution in [3.05, 3.63) is 0 Å². The lowest BCUT2D eigenvalue weighted by Gasteiger charge is -2.21. The molecule has 1 saturated heterocycles. The molecule has 0 aromatic carbocycles. The van der Waals surface area contributed by atoms with Crippen LogP contribution in [-0.4, -0.2) is 36.1 Å². The summed E-state index contributed by atoms with van der Waals surface area (Å²) in [5.74, 6) is 2.52. The van der Waals surface area contributed by atoms with E-state index in [0.29, 0.717) is 13.1 Å². The lowest BCUT2D eigenvalue weighted by atomic mass is 10.2. The van der Waals surface area contributed by atoms with Crippen LogP contribution in [0.2, 0.25) is 0 Å². The van der Waals surface area contributed by atoms with E-state index in [4.69, 9.17) is 11.2 Å². The van der Waals surface area contributed by atoms with E-state index in [1.807, 2.05) is 13.8 Å². The molecule has 2 unspecified atom stereocenters. The third-order valence-corrected chi connectivity index (χ3v) is 2.48. The molecule has 0 saturated carbocycles. The first-order valence-electron chi connectivity index (χ1n) is 5.06. The van der Waals surface area contributed by atoms with E-state index < -0.39 is 0 Å². The van der Waals surface area contributed by atoms with Crippen molar-refractivity contribution >= 4 is 5.91 Å². The van der Waals surface area contributed by atoms with Gasteiger partial charge in [-0.15, -0.1) is 6.42 Å². The molecule has 3 heteroatoms. The van der Waals surface area contributed by atoms with Gasteiger partial charge in [-0.25, -0.2) is 0 Å². The molecule has 1 fully saturated rings. The quantitative estimate of drug-likeness (QED) is 0.630. The van der Waals surface area contributed by atoms with Crippen LogP contribution in [0.4, 0.5) is 0 Å². The molecule has 14 heavy (non-hydrogen) atoms. The number of terminal acetylenes is 1. The van der Waals surface area contributed by atoms with Crippen molar-refractivity contribution in [3.8, 4) is 12.3 Å². The molecule has 0 radical (unpaired) electrons. The van der Waals surface area contributed by atoms with Crippen LogP contribution < -0.4 is 0 Å². The molecule has 1 aliphatic heterocycles. The summed E-state index contributed by atoms with van der Waals surface area (Å²) in [7, 11) is 0. The number of carbonyl (C=O) groups excluding carboxylic acids is 1. The molecule has 2 atom stereocenters. The summed E-state index contributed by atoms with van der Waals surface area (Å²) >= 11 is 0. The number of carbonyl (C=O) groups is 1. The fourth-order valence-corrected chi connectivity index (χ4v) is 1.64. The highest BCUT2D eigenvalue weighted by molar-refractivity contribution is 5.81. The Bertz CT molecular complexity index is 244. The second-order valence-corrected chi connectivity index (χ2v) is 3.57. The summed E-state index contributed by atoms with van der Waals surface area (Å²) in [6, 6.07) is 0. The van der Waals surface area contributed by atoms with Gasteiger partial charge < -0.3 is 9.64 Å². The Hall–Kier alpha value is -1.01. The van der Waals surface area contributed by atoms with E-state index in [1.165, 1.54) is 0 Å². The highest BCUT2D eigenvalue weighted by Crippen LogP contribution is 2.20. The Morgan fingerprint density at radius 3 is 2.79 bits per heavy atom. The van der Waals surface area contributed by atoms with Gasteiger partial charge in [-0.3, -0.25) is 4.79 Å². The number of hydrogen-bond acceptors (Lipinski definition) is 2. The first-order chi connectivity index (χ1) is 6.69. The largest absolute Gasteiger partial charge is 0.365 e. The topological polar surface area (TPSA) is 29.5 Å². The van der Waals surface area contributed by atoms with Crippen LogP contribution >= 0.6 is 0 Å². The minimum atomic E-state index is -0.265. The smallest absolute Gasteiger partial charge is 0.252 e. The standard InChI is InChI=1S/C11H17NO2/c1-4-8-12(5-2)11(13)10-7-6-9(3)14-10/h1,9-10H,5-8H2,2-3H3. The third-order valence-electron chi connectivity index (χ3n) is 2.48. The molecule has 0 aromatic rings. The molecule has 1 aliphatic rings. The van der Waals surface area contributed by atoms with Crippen molar-refractivity contribution < 1.29 is 9.53 Å². The molecule has 3 nitrogen and oxygen atoms in total. The number of ether oxygens (including phenoxy) is 1. The van der Waals surface area contributed by atoms with Gasteiger partial charge >= 0.3 is 0 Å². The van der Waals surface area contributed by atoms with Gasteiger partial charge in [-0.1, -0.05) is 5.92 Å². The molecular formula is C11H17NO2. The summed E-state index contributed by atoms with van der Waals surface area (Å²) in [5, 5.41) is 0. The minimum Gasteiger partial charge on any atom is -0.365 e. The zero-order valence-corrected chi connectivity index (χ0v) is 8.82. The Kier molecular flexibility index (Phi) is 3.97.